The molecule has 1 saturated heterocycles. The van der Waals surface area contributed by atoms with Gasteiger partial charge in [0.1, 0.15) is 5.50 Å². The van der Waals surface area contributed by atoms with Gasteiger partial charge >= 0.3 is 0 Å². The van der Waals surface area contributed by atoms with Crippen LogP contribution in [-0.2, 0) is 5.41 Å². The minimum Gasteiger partial charge on any atom is -0.361 e. The van der Waals surface area contributed by atoms with Crippen molar-refractivity contribution in [2.45, 2.75) is 17.3 Å². The fourth-order valence-electron chi connectivity index (χ4n) is 3.40. The number of halogens is 2. The van der Waals surface area contributed by atoms with Crippen LogP contribution in [0.15, 0.2) is 30.1 Å². The molecule has 1 aromatic carbocycles. The number of fused-ring (bicyclic) bond motifs is 3. The zero-order valence-corrected chi connectivity index (χ0v) is 10.4. The van der Waals surface area contributed by atoms with Crippen molar-refractivity contribution in [1.29, 1.82) is 0 Å². The van der Waals surface area contributed by atoms with Gasteiger partial charge in [-0.15, -0.1) is 12.6 Å². The number of allylic oxidation sites excluding steroid dienone is 1. The predicted molar refractivity (Wildman–Crippen MR) is 66.8 cm³/mol. The molecule has 2 nitrogen and oxygen atoms in total. The zero-order chi connectivity index (χ0) is 12.5. The third kappa shape index (κ3) is 1.13. The Morgan fingerprint density at radius 2 is 2.22 bits per heavy atom. The van der Waals surface area contributed by atoms with Crippen LogP contribution in [0.5, 0.6) is 0 Å². The normalized spacial score (nSPS) is 35.9. The van der Waals surface area contributed by atoms with Crippen molar-refractivity contribution < 1.29 is 8.78 Å². The molecule has 1 unspecified atom stereocenters. The molecular formula is C13H12F2N2S. The second-order valence-corrected chi connectivity index (χ2v) is 5.74. The Bertz CT molecular complexity index is 574. The first kappa shape index (κ1) is 10.7. The summed E-state index contributed by atoms with van der Waals surface area (Å²) in [7, 11) is 0. The SMILES string of the molecule is Fc1cccc([C@@]23C[C@@H]2C2=CNC(S)N2C3)c1F. The van der Waals surface area contributed by atoms with E-state index in [0.29, 0.717) is 18.0 Å². The first-order valence-corrected chi connectivity index (χ1v) is 6.50. The lowest BCUT2D eigenvalue weighted by molar-refractivity contribution is 0.337. The Labute approximate surface area is 109 Å². The van der Waals surface area contributed by atoms with Crippen LogP contribution >= 0.6 is 12.6 Å². The van der Waals surface area contributed by atoms with E-state index < -0.39 is 11.6 Å². The summed E-state index contributed by atoms with van der Waals surface area (Å²) < 4.78 is 27.3. The summed E-state index contributed by atoms with van der Waals surface area (Å²) in [6, 6.07) is 4.47. The standard InChI is InChI=1S/C13H12F2N2S/c14-9-3-1-2-7(11(9)15)13-4-8(13)10-5-16-12(18)17(10)6-13/h1-3,5,8,12,16,18H,4,6H2/t8-,12?,13+/m1/s1. The van der Waals surface area contributed by atoms with Gasteiger partial charge in [-0.1, -0.05) is 12.1 Å². The number of hydrogen-bond donors (Lipinski definition) is 2. The number of nitrogens with one attached hydrogen (secondary N) is 1. The highest BCUT2D eigenvalue weighted by Gasteiger charge is 2.66. The molecule has 0 aromatic heterocycles. The van der Waals surface area contributed by atoms with Gasteiger partial charge in [0.25, 0.3) is 0 Å². The van der Waals surface area contributed by atoms with Gasteiger partial charge < -0.3 is 10.2 Å². The quantitative estimate of drug-likeness (QED) is 0.758. The summed E-state index contributed by atoms with van der Waals surface area (Å²) >= 11 is 4.42. The largest absolute Gasteiger partial charge is 0.361 e. The molecule has 5 heteroatoms. The summed E-state index contributed by atoms with van der Waals surface area (Å²) in [4.78, 5) is 2.13. The van der Waals surface area contributed by atoms with Crippen molar-refractivity contribution in [2.75, 3.05) is 6.54 Å². The highest BCUT2D eigenvalue weighted by atomic mass is 32.1. The van der Waals surface area contributed by atoms with Gasteiger partial charge in [-0.2, -0.15) is 0 Å². The van der Waals surface area contributed by atoms with Crippen molar-refractivity contribution in [3.63, 3.8) is 0 Å². The summed E-state index contributed by atoms with van der Waals surface area (Å²) in [6.07, 6.45) is 2.85. The van der Waals surface area contributed by atoms with E-state index in [2.05, 4.69) is 22.8 Å². The van der Waals surface area contributed by atoms with Crippen LogP contribution in [0.2, 0.25) is 0 Å². The third-order valence-corrected chi connectivity index (χ3v) is 4.81. The minimum absolute atomic E-state index is 0.0405. The lowest BCUT2D eigenvalue weighted by Gasteiger charge is -2.24. The molecule has 0 amide bonds. The maximum Gasteiger partial charge on any atom is 0.162 e. The highest BCUT2D eigenvalue weighted by molar-refractivity contribution is 7.80. The number of piperidine rings is 1. The maximum atomic E-state index is 14.0. The molecule has 2 heterocycles. The van der Waals surface area contributed by atoms with Gasteiger partial charge in [0.15, 0.2) is 11.6 Å². The molecular weight excluding hydrogens is 254 g/mol. The van der Waals surface area contributed by atoms with Crippen molar-refractivity contribution in [3.05, 3.63) is 47.3 Å². The summed E-state index contributed by atoms with van der Waals surface area (Å²) in [5.41, 5.74) is 1.42. The fraction of sp³-hybridized carbons (Fsp3) is 0.385. The van der Waals surface area contributed by atoms with E-state index in [-0.39, 0.29) is 10.9 Å². The fourth-order valence-corrected chi connectivity index (χ4v) is 3.68. The number of thiol groups is 1. The predicted octanol–water partition coefficient (Wildman–Crippen LogP) is 2.20. The van der Waals surface area contributed by atoms with Crippen LogP contribution in [0.3, 0.4) is 0 Å². The lowest BCUT2D eigenvalue weighted by atomic mass is 9.94. The van der Waals surface area contributed by atoms with Crippen molar-refractivity contribution in [1.82, 2.24) is 10.2 Å². The topological polar surface area (TPSA) is 15.3 Å². The first-order chi connectivity index (χ1) is 8.63. The van der Waals surface area contributed by atoms with E-state index in [0.717, 1.165) is 6.42 Å². The van der Waals surface area contributed by atoms with Crippen molar-refractivity contribution >= 4 is 12.6 Å². The molecule has 1 aromatic rings. The molecule has 1 aliphatic carbocycles. The Balaban J connectivity index is 1.78. The van der Waals surface area contributed by atoms with Gasteiger partial charge in [-0.3, -0.25) is 0 Å². The Morgan fingerprint density at radius 1 is 1.39 bits per heavy atom. The summed E-state index contributed by atoms with van der Waals surface area (Å²) in [5.74, 6) is -1.14. The van der Waals surface area contributed by atoms with Gasteiger partial charge in [0.05, 0.1) is 0 Å². The minimum atomic E-state index is -0.755. The Morgan fingerprint density at radius 3 is 3.00 bits per heavy atom. The van der Waals surface area contributed by atoms with Gasteiger partial charge in [0.2, 0.25) is 0 Å². The molecule has 0 bridgehead atoms. The van der Waals surface area contributed by atoms with E-state index in [9.17, 15) is 8.78 Å². The smallest absolute Gasteiger partial charge is 0.162 e. The van der Waals surface area contributed by atoms with Crippen LogP contribution in [0, 0.1) is 17.6 Å². The molecule has 2 fully saturated rings. The summed E-state index contributed by atoms with van der Waals surface area (Å²) in [5, 5.41) is 3.13. The van der Waals surface area contributed by atoms with Crippen LogP contribution in [0.1, 0.15) is 12.0 Å². The van der Waals surface area contributed by atoms with Gasteiger partial charge in [-0.25, -0.2) is 8.78 Å². The molecule has 1 saturated carbocycles. The second-order valence-electron chi connectivity index (χ2n) is 5.25. The number of hydrogen-bond acceptors (Lipinski definition) is 3. The van der Waals surface area contributed by atoms with E-state index in [1.807, 2.05) is 6.20 Å². The Kier molecular flexibility index (Phi) is 1.90. The van der Waals surface area contributed by atoms with Crippen LogP contribution < -0.4 is 5.32 Å². The molecule has 94 valence electrons. The van der Waals surface area contributed by atoms with E-state index in [1.165, 1.54) is 11.8 Å². The van der Waals surface area contributed by atoms with E-state index >= 15 is 0 Å². The number of benzene rings is 1. The van der Waals surface area contributed by atoms with Crippen LogP contribution in [0.25, 0.3) is 0 Å². The second kappa shape index (κ2) is 3.20. The summed E-state index contributed by atoms with van der Waals surface area (Å²) in [6.45, 7) is 0.713. The van der Waals surface area contributed by atoms with E-state index in [4.69, 9.17) is 0 Å². The van der Waals surface area contributed by atoms with Crippen molar-refractivity contribution in [3.8, 4) is 0 Å². The van der Waals surface area contributed by atoms with Gasteiger partial charge in [0, 0.05) is 29.8 Å². The molecule has 4 rings (SSSR count). The molecule has 0 radical (unpaired) electrons. The van der Waals surface area contributed by atoms with Crippen LogP contribution in [0.4, 0.5) is 8.78 Å². The molecule has 2 aliphatic heterocycles. The molecule has 3 atom stereocenters. The average molecular weight is 266 g/mol. The molecule has 3 aliphatic rings. The maximum absolute atomic E-state index is 14.0. The van der Waals surface area contributed by atoms with Crippen LogP contribution in [-0.4, -0.2) is 16.9 Å². The number of nitrogens with zero attached hydrogens (tertiary/aromatic N) is 1. The Hall–Kier alpha value is -1.23. The zero-order valence-electron chi connectivity index (χ0n) is 9.53. The van der Waals surface area contributed by atoms with Crippen molar-refractivity contribution in [2.24, 2.45) is 5.92 Å². The third-order valence-electron chi connectivity index (χ3n) is 4.38. The molecule has 0 spiro atoms. The molecule has 1 N–H and O–H groups in total. The lowest BCUT2D eigenvalue weighted by Crippen LogP contribution is -2.34. The first-order valence-electron chi connectivity index (χ1n) is 5.99. The number of rotatable bonds is 1. The monoisotopic (exact) mass is 266 g/mol. The molecule has 18 heavy (non-hydrogen) atoms. The van der Waals surface area contributed by atoms with Gasteiger partial charge in [-0.05, 0) is 18.1 Å². The average Bonchev–Trinajstić information content (AvgIpc) is 2.82. The van der Waals surface area contributed by atoms with E-state index in [1.54, 1.807) is 12.1 Å². The highest BCUT2D eigenvalue weighted by Crippen LogP contribution is 2.65.